The van der Waals surface area contributed by atoms with Crippen molar-refractivity contribution in [3.63, 3.8) is 0 Å². The molecule has 0 unspecified atom stereocenters. The zero-order valence-electron chi connectivity index (χ0n) is 9.43. The molecule has 0 aromatic heterocycles. The van der Waals surface area contributed by atoms with Gasteiger partial charge in [-0.2, -0.15) is 0 Å². The molecule has 1 aromatic rings. The van der Waals surface area contributed by atoms with Gasteiger partial charge in [0.25, 0.3) is 0 Å². The Balaban J connectivity index is 0.00000256. The molecule has 0 amide bonds. The third kappa shape index (κ3) is 6.03. The van der Waals surface area contributed by atoms with E-state index in [-0.39, 0.29) is 12.4 Å². The number of halogens is 4. The molecular formula is C11H15Cl4NO. The van der Waals surface area contributed by atoms with Crippen molar-refractivity contribution in [1.29, 1.82) is 0 Å². The van der Waals surface area contributed by atoms with Gasteiger partial charge in [-0.1, -0.05) is 41.7 Å². The lowest BCUT2D eigenvalue weighted by atomic mass is 10.3. The quantitative estimate of drug-likeness (QED) is 0.782. The molecule has 0 aliphatic rings. The van der Waals surface area contributed by atoms with Crippen LogP contribution in [0.3, 0.4) is 0 Å². The second kappa shape index (κ2) is 9.12. The van der Waals surface area contributed by atoms with Crippen molar-refractivity contribution in [2.24, 2.45) is 0 Å². The van der Waals surface area contributed by atoms with Crippen molar-refractivity contribution in [2.75, 3.05) is 19.7 Å². The van der Waals surface area contributed by atoms with Gasteiger partial charge in [-0.25, -0.2) is 0 Å². The van der Waals surface area contributed by atoms with Crippen LogP contribution in [0.15, 0.2) is 12.1 Å². The van der Waals surface area contributed by atoms with Gasteiger partial charge in [0.2, 0.25) is 0 Å². The summed E-state index contributed by atoms with van der Waals surface area (Å²) in [6.07, 6.45) is 1.10. The van der Waals surface area contributed by atoms with E-state index in [1.807, 2.05) is 0 Å². The van der Waals surface area contributed by atoms with Crippen LogP contribution in [0.1, 0.15) is 13.3 Å². The van der Waals surface area contributed by atoms with E-state index in [1.165, 1.54) is 0 Å². The Bertz CT molecular complexity index is 323. The molecule has 1 N–H and O–H groups in total. The van der Waals surface area contributed by atoms with Gasteiger partial charge in [-0.15, -0.1) is 12.4 Å². The molecule has 1 rings (SSSR count). The number of hydrogen-bond donors (Lipinski definition) is 1. The van der Waals surface area contributed by atoms with E-state index in [1.54, 1.807) is 12.1 Å². The molecule has 0 aliphatic heterocycles. The summed E-state index contributed by atoms with van der Waals surface area (Å²) < 4.78 is 5.48. The molecule has 0 spiro atoms. The van der Waals surface area contributed by atoms with Crippen molar-refractivity contribution in [3.05, 3.63) is 27.2 Å². The SMILES string of the molecule is CCCNCCOc1c(Cl)cc(Cl)cc1Cl.Cl. The number of benzene rings is 1. The summed E-state index contributed by atoms with van der Waals surface area (Å²) in [6, 6.07) is 3.23. The van der Waals surface area contributed by atoms with Crippen LogP contribution in [-0.2, 0) is 0 Å². The Morgan fingerprint density at radius 1 is 1.12 bits per heavy atom. The minimum atomic E-state index is 0. The average molecular weight is 319 g/mol. The zero-order valence-corrected chi connectivity index (χ0v) is 12.5. The van der Waals surface area contributed by atoms with E-state index in [9.17, 15) is 0 Å². The Kier molecular flexibility index (Phi) is 9.20. The highest BCUT2D eigenvalue weighted by atomic mass is 35.5. The number of nitrogens with one attached hydrogen (secondary N) is 1. The van der Waals surface area contributed by atoms with Gasteiger partial charge < -0.3 is 10.1 Å². The Morgan fingerprint density at radius 2 is 1.71 bits per heavy atom. The van der Waals surface area contributed by atoms with Crippen LogP contribution < -0.4 is 10.1 Å². The summed E-state index contributed by atoms with van der Waals surface area (Å²) >= 11 is 17.7. The number of rotatable bonds is 6. The fourth-order valence-corrected chi connectivity index (χ4v) is 2.12. The molecule has 0 radical (unpaired) electrons. The molecule has 0 atom stereocenters. The molecule has 0 saturated carbocycles. The second-order valence-electron chi connectivity index (χ2n) is 3.30. The molecule has 17 heavy (non-hydrogen) atoms. The van der Waals surface area contributed by atoms with Crippen LogP contribution >= 0.6 is 47.2 Å². The van der Waals surface area contributed by atoms with Crippen molar-refractivity contribution >= 4 is 47.2 Å². The molecule has 0 aliphatic carbocycles. The van der Waals surface area contributed by atoms with Gasteiger partial charge in [-0.05, 0) is 25.1 Å². The predicted molar refractivity (Wildman–Crippen MR) is 77.4 cm³/mol. The van der Waals surface area contributed by atoms with Gasteiger partial charge >= 0.3 is 0 Å². The summed E-state index contributed by atoms with van der Waals surface area (Å²) in [6.45, 7) is 4.39. The van der Waals surface area contributed by atoms with Gasteiger partial charge in [0.1, 0.15) is 6.61 Å². The van der Waals surface area contributed by atoms with E-state index in [0.717, 1.165) is 19.5 Å². The summed E-state index contributed by atoms with van der Waals surface area (Å²) in [4.78, 5) is 0. The fourth-order valence-electron chi connectivity index (χ4n) is 1.19. The Morgan fingerprint density at radius 3 is 2.24 bits per heavy atom. The van der Waals surface area contributed by atoms with Gasteiger partial charge in [0, 0.05) is 11.6 Å². The molecule has 0 saturated heterocycles. The molecule has 0 heterocycles. The van der Waals surface area contributed by atoms with Crippen LogP contribution in [0.25, 0.3) is 0 Å². The molecular weight excluding hydrogens is 304 g/mol. The van der Waals surface area contributed by atoms with Crippen LogP contribution in [0, 0.1) is 0 Å². The zero-order chi connectivity index (χ0) is 12.0. The van der Waals surface area contributed by atoms with Gasteiger partial charge in [-0.3, -0.25) is 0 Å². The first-order chi connectivity index (χ1) is 7.65. The third-order valence-electron chi connectivity index (χ3n) is 1.92. The topological polar surface area (TPSA) is 21.3 Å². The predicted octanol–water partition coefficient (Wildman–Crippen LogP) is 4.45. The minimum absolute atomic E-state index is 0. The maximum atomic E-state index is 5.96. The summed E-state index contributed by atoms with van der Waals surface area (Å²) in [5.41, 5.74) is 0. The van der Waals surface area contributed by atoms with Gasteiger partial charge in [0.05, 0.1) is 10.0 Å². The lowest BCUT2D eigenvalue weighted by Crippen LogP contribution is -2.21. The van der Waals surface area contributed by atoms with Crippen molar-refractivity contribution in [2.45, 2.75) is 13.3 Å². The highest BCUT2D eigenvalue weighted by Gasteiger charge is 2.08. The van der Waals surface area contributed by atoms with Crippen LogP contribution in [-0.4, -0.2) is 19.7 Å². The molecule has 1 aromatic carbocycles. The van der Waals surface area contributed by atoms with Crippen molar-refractivity contribution in [3.8, 4) is 5.75 Å². The fraction of sp³-hybridized carbons (Fsp3) is 0.455. The molecule has 2 nitrogen and oxygen atoms in total. The molecule has 0 bridgehead atoms. The second-order valence-corrected chi connectivity index (χ2v) is 4.55. The maximum absolute atomic E-state index is 5.96. The highest BCUT2D eigenvalue weighted by Crippen LogP contribution is 2.35. The van der Waals surface area contributed by atoms with Crippen LogP contribution in [0.4, 0.5) is 0 Å². The standard InChI is InChI=1S/C11H14Cl3NO.ClH/c1-2-3-15-4-5-16-11-9(13)6-8(12)7-10(11)14;/h6-7,15H,2-5H2,1H3;1H. The molecule has 6 heteroatoms. The first kappa shape index (κ1) is 17.1. The summed E-state index contributed by atoms with van der Waals surface area (Å²) in [5, 5.41) is 4.60. The summed E-state index contributed by atoms with van der Waals surface area (Å²) in [5.74, 6) is 0.492. The van der Waals surface area contributed by atoms with E-state index in [2.05, 4.69) is 12.2 Å². The average Bonchev–Trinajstić information content (AvgIpc) is 2.20. The van der Waals surface area contributed by atoms with Crippen molar-refractivity contribution in [1.82, 2.24) is 5.32 Å². The Hall–Kier alpha value is 0.140. The highest BCUT2D eigenvalue weighted by molar-refractivity contribution is 6.40. The smallest absolute Gasteiger partial charge is 0.156 e. The molecule has 98 valence electrons. The number of ether oxygens (including phenoxy) is 1. The minimum Gasteiger partial charge on any atom is -0.489 e. The third-order valence-corrected chi connectivity index (χ3v) is 2.69. The lowest BCUT2D eigenvalue weighted by molar-refractivity contribution is 0.314. The summed E-state index contributed by atoms with van der Waals surface area (Å²) in [7, 11) is 0. The normalized spacial score (nSPS) is 9.88. The van der Waals surface area contributed by atoms with Crippen molar-refractivity contribution < 1.29 is 4.74 Å². The van der Waals surface area contributed by atoms with E-state index in [4.69, 9.17) is 39.5 Å². The van der Waals surface area contributed by atoms with Crippen LogP contribution in [0.2, 0.25) is 15.1 Å². The van der Waals surface area contributed by atoms with Gasteiger partial charge in [0.15, 0.2) is 5.75 Å². The first-order valence-corrected chi connectivity index (χ1v) is 6.26. The first-order valence-electron chi connectivity index (χ1n) is 5.13. The van der Waals surface area contributed by atoms with Crippen LogP contribution in [0.5, 0.6) is 5.75 Å². The number of hydrogen-bond acceptors (Lipinski definition) is 2. The van der Waals surface area contributed by atoms with E-state index < -0.39 is 0 Å². The Labute approximate surface area is 123 Å². The lowest BCUT2D eigenvalue weighted by Gasteiger charge is -2.10. The largest absolute Gasteiger partial charge is 0.489 e. The maximum Gasteiger partial charge on any atom is 0.156 e. The van der Waals surface area contributed by atoms with E-state index in [0.29, 0.717) is 27.4 Å². The monoisotopic (exact) mass is 317 g/mol. The molecule has 0 fully saturated rings. The van der Waals surface area contributed by atoms with E-state index >= 15 is 0 Å².